The van der Waals surface area contributed by atoms with Gasteiger partial charge in [0.25, 0.3) is 0 Å². The standard InChI is InChI=1S/C6H13N.CH5P/c7-6-4-2-1-3-5-6;1-2/h6H,1-5,7H2;2H2,1H3. The molecule has 0 radical (unpaired) electrons. The molecular weight excluding hydrogens is 129 g/mol. The Kier molecular flexibility index (Phi) is 6.79. The maximum absolute atomic E-state index is 5.63. The van der Waals surface area contributed by atoms with Gasteiger partial charge in [-0.2, -0.15) is 0 Å². The molecule has 1 rings (SSSR count). The van der Waals surface area contributed by atoms with Crippen molar-refractivity contribution in [3.05, 3.63) is 0 Å². The normalized spacial score (nSPS) is 20.3. The molecule has 2 N–H and O–H groups in total. The smallest absolute Gasteiger partial charge is 0.00388 e. The molecule has 0 aliphatic heterocycles. The fourth-order valence-electron chi connectivity index (χ4n) is 1.13. The number of hydrogen-bond donors (Lipinski definition) is 1. The van der Waals surface area contributed by atoms with Crippen molar-refractivity contribution in [2.75, 3.05) is 6.66 Å². The second-order valence-corrected chi connectivity index (χ2v) is 2.40. The van der Waals surface area contributed by atoms with Gasteiger partial charge >= 0.3 is 0 Å². The van der Waals surface area contributed by atoms with Crippen LogP contribution in [0.15, 0.2) is 0 Å². The van der Waals surface area contributed by atoms with E-state index in [9.17, 15) is 0 Å². The van der Waals surface area contributed by atoms with E-state index in [-0.39, 0.29) is 0 Å². The van der Waals surface area contributed by atoms with Gasteiger partial charge < -0.3 is 5.73 Å². The molecule has 1 fully saturated rings. The maximum Gasteiger partial charge on any atom is 0.00388 e. The minimum absolute atomic E-state index is 0.536. The van der Waals surface area contributed by atoms with Gasteiger partial charge in [-0.1, -0.05) is 25.9 Å². The van der Waals surface area contributed by atoms with Crippen LogP contribution in [0.2, 0.25) is 0 Å². The lowest BCUT2D eigenvalue weighted by Crippen LogP contribution is -2.22. The Hall–Kier alpha value is 0.390. The van der Waals surface area contributed by atoms with Gasteiger partial charge in [0.2, 0.25) is 0 Å². The lowest BCUT2D eigenvalue weighted by molar-refractivity contribution is 0.441. The van der Waals surface area contributed by atoms with Crippen LogP contribution in [-0.2, 0) is 0 Å². The molecule has 0 amide bonds. The Balaban J connectivity index is 0.000000291. The molecule has 0 bridgehead atoms. The molecule has 0 aromatic carbocycles. The third-order valence-electron chi connectivity index (χ3n) is 1.65. The molecule has 9 heavy (non-hydrogen) atoms. The predicted molar refractivity (Wildman–Crippen MR) is 46.7 cm³/mol. The average molecular weight is 147 g/mol. The summed E-state index contributed by atoms with van der Waals surface area (Å²) < 4.78 is 0. The van der Waals surface area contributed by atoms with Gasteiger partial charge in [0.1, 0.15) is 0 Å². The molecule has 0 spiro atoms. The van der Waals surface area contributed by atoms with Crippen molar-refractivity contribution in [2.24, 2.45) is 5.73 Å². The lowest BCUT2D eigenvalue weighted by Gasteiger charge is -2.15. The van der Waals surface area contributed by atoms with Crippen LogP contribution in [0.3, 0.4) is 0 Å². The summed E-state index contributed by atoms with van der Waals surface area (Å²) in [5, 5.41) is 0. The van der Waals surface area contributed by atoms with Gasteiger partial charge in [0.05, 0.1) is 0 Å². The van der Waals surface area contributed by atoms with Crippen molar-refractivity contribution < 1.29 is 0 Å². The summed E-state index contributed by atoms with van der Waals surface area (Å²) in [6.07, 6.45) is 6.66. The molecule has 1 aliphatic rings. The number of hydrogen-bond acceptors (Lipinski definition) is 1. The van der Waals surface area contributed by atoms with E-state index in [1.54, 1.807) is 0 Å². The van der Waals surface area contributed by atoms with E-state index >= 15 is 0 Å². The maximum atomic E-state index is 5.63. The summed E-state index contributed by atoms with van der Waals surface area (Å²) in [7, 11) is 2.42. The first kappa shape index (κ1) is 9.39. The van der Waals surface area contributed by atoms with Crippen molar-refractivity contribution in [3.8, 4) is 0 Å². The van der Waals surface area contributed by atoms with E-state index in [0.29, 0.717) is 6.04 Å². The highest BCUT2D eigenvalue weighted by molar-refractivity contribution is 7.15. The zero-order valence-electron chi connectivity index (χ0n) is 6.27. The van der Waals surface area contributed by atoms with Crippen LogP contribution in [0.4, 0.5) is 0 Å². The molecule has 0 aromatic heterocycles. The molecule has 0 saturated heterocycles. The first-order chi connectivity index (χ1) is 4.39. The Labute approximate surface area is 60.6 Å². The van der Waals surface area contributed by atoms with Gasteiger partial charge in [0, 0.05) is 6.04 Å². The molecule has 1 saturated carbocycles. The SMILES string of the molecule is CP.NC1CCCCC1. The monoisotopic (exact) mass is 147 g/mol. The van der Waals surface area contributed by atoms with Crippen LogP contribution < -0.4 is 5.73 Å². The zero-order chi connectivity index (χ0) is 7.11. The second kappa shape index (κ2) is 6.51. The first-order valence-electron chi connectivity index (χ1n) is 3.73. The molecule has 0 aromatic rings. The lowest BCUT2D eigenvalue weighted by atomic mass is 9.97. The minimum atomic E-state index is 0.536. The second-order valence-electron chi connectivity index (χ2n) is 2.40. The number of rotatable bonds is 0. The van der Waals surface area contributed by atoms with E-state index in [1.165, 1.54) is 32.1 Å². The minimum Gasteiger partial charge on any atom is -0.328 e. The Morgan fingerprint density at radius 1 is 1.11 bits per heavy atom. The summed E-state index contributed by atoms with van der Waals surface area (Å²) in [4.78, 5) is 0. The van der Waals surface area contributed by atoms with E-state index in [0.717, 1.165) is 0 Å². The highest BCUT2D eigenvalue weighted by atomic mass is 31.0. The van der Waals surface area contributed by atoms with Crippen molar-refractivity contribution in [2.45, 2.75) is 38.1 Å². The summed E-state index contributed by atoms with van der Waals surface area (Å²) >= 11 is 0. The third kappa shape index (κ3) is 4.87. The zero-order valence-corrected chi connectivity index (χ0v) is 7.42. The van der Waals surface area contributed by atoms with Crippen molar-refractivity contribution in [3.63, 3.8) is 0 Å². The first-order valence-corrected chi connectivity index (χ1v) is 4.88. The van der Waals surface area contributed by atoms with Crippen LogP contribution in [0.1, 0.15) is 32.1 Å². The average Bonchev–Trinajstić information content (AvgIpc) is 1.94. The van der Waals surface area contributed by atoms with Crippen molar-refractivity contribution >= 4 is 9.24 Å². The fourth-order valence-corrected chi connectivity index (χ4v) is 1.13. The molecular formula is C7H18NP. The van der Waals surface area contributed by atoms with Crippen molar-refractivity contribution in [1.82, 2.24) is 0 Å². The molecule has 1 unspecified atom stereocenters. The topological polar surface area (TPSA) is 26.0 Å². The third-order valence-corrected chi connectivity index (χ3v) is 1.65. The Bertz CT molecular complexity index is 50.9. The quantitative estimate of drug-likeness (QED) is 0.519. The highest BCUT2D eigenvalue weighted by Gasteiger charge is 2.06. The van der Waals surface area contributed by atoms with E-state index < -0.39 is 0 Å². The van der Waals surface area contributed by atoms with Crippen LogP contribution in [0.25, 0.3) is 0 Å². The number of nitrogens with two attached hydrogens (primary N) is 1. The Morgan fingerprint density at radius 2 is 1.56 bits per heavy atom. The van der Waals surface area contributed by atoms with E-state index in [2.05, 4.69) is 9.24 Å². The van der Waals surface area contributed by atoms with E-state index in [1.807, 2.05) is 6.66 Å². The van der Waals surface area contributed by atoms with Gasteiger partial charge in [-0.3, -0.25) is 0 Å². The molecule has 1 atom stereocenters. The summed E-state index contributed by atoms with van der Waals surface area (Å²) in [6, 6.07) is 0.536. The molecule has 0 heterocycles. The van der Waals surface area contributed by atoms with Gasteiger partial charge in [0.15, 0.2) is 0 Å². The van der Waals surface area contributed by atoms with Crippen molar-refractivity contribution in [1.29, 1.82) is 0 Å². The fraction of sp³-hybridized carbons (Fsp3) is 1.00. The molecule has 56 valence electrons. The van der Waals surface area contributed by atoms with Gasteiger partial charge in [-0.05, 0) is 12.8 Å². The predicted octanol–water partition coefficient (Wildman–Crippen LogP) is 1.77. The molecule has 1 aliphatic carbocycles. The van der Waals surface area contributed by atoms with Crippen LogP contribution in [-0.4, -0.2) is 12.7 Å². The van der Waals surface area contributed by atoms with Crippen LogP contribution in [0, 0.1) is 0 Å². The highest BCUT2D eigenvalue weighted by Crippen LogP contribution is 2.14. The summed E-state index contributed by atoms with van der Waals surface area (Å²) in [5.74, 6) is 0. The van der Waals surface area contributed by atoms with Crippen LogP contribution >= 0.6 is 9.24 Å². The van der Waals surface area contributed by atoms with Crippen LogP contribution in [0.5, 0.6) is 0 Å². The molecule has 1 nitrogen and oxygen atoms in total. The largest absolute Gasteiger partial charge is 0.328 e. The summed E-state index contributed by atoms with van der Waals surface area (Å²) in [5.41, 5.74) is 5.63. The van der Waals surface area contributed by atoms with Gasteiger partial charge in [-0.15, -0.1) is 9.24 Å². The Morgan fingerprint density at radius 3 is 1.78 bits per heavy atom. The van der Waals surface area contributed by atoms with Gasteiger partial charge in [-0.25, -0.2) is 0 Å². The summed E-state index contributed by atoms with van der Waals surface area (Å²) in [6.45, 7) is 1.92. The van der Waals surface area contributed by atoms with E-state index in [4.69, 9.17) is 5.73 Å². The molecule has 2 heteroatoms.